The predicted octanol–water partition coefficient (Wildman–Crippen LogP) is 8.12. The van der Waals surface area contributed by atoms with E-state index in [0.29, 0.717) is 6.92 Å². The molecule has 1 N–H and O–H groups in total. The standard InChI is InChI=1S/C21H13F19N2O2/c1-8-3-4-10(5-11(8)41-7-43)12(44)42-9(2)6-13(22,23)14(24,25)15(26,27)16(28,29)17(30,31)18(32,33)19(34,35)20(36,37)21(38,39)40/h3-5,9H,6H2,1-2H3,(H,42,44). The van der Waals surface area contributed by atoms with Gasteiger partial charge in [0.25, 0.3) is 5.91 Å². The topological polar surface area (TPSA) is 58.5 Å². The molecule has 1 unspecified atom stereocenters. The molecule has 0 aliphatic rings. The highest BCUT2D eigenvalue weighted by Crippen LogP contribution is 2.65. The number of alkyl halides is 19. The molecule has 0 heterocycles. The molecule has 1 amide bonds. The van der Waals surface area contributed by atoms with Crippen molar-refractivity contribution in [3.63, 3.8) is 0 Å². The van der Waals surface area contributed by atoms with E-state index in [4.69, 9.17) is 0 Å². The van der Waals surface area contributed by atoms with Gasteiger partial charge in [0.2, 0.25) is 6.08 Å². The molecule has 44 heavy (non-hydrogen) atoms. The van der Waals surface area contributed by atoms with Gasteiger partial charge < -0.3 is 5.32 Å². The van der Waals surface area contributed by atoms with Gasteiger partial charge in [0.1, 0.15) is 0 Å². The normalized spacial score (nSPS) is 15.5. The minimum Gasteiger partial charge on any atom is -0.349 e. The number of isocyanates is 1. The van der Waals surface area contributed by atoms with E-state index >= 15 is 0 Å². The van der Waals surface area contributed by atoms with Crippen LogP contribution >= 0.6 is 0 Å². The van der Waals surface area contributed by atoms with E-state index in [1.165, 1.54) is 12.2 Å². The van der Waals surface area contributed by atoms with Gasteiger partial charge in [-0.2, -0.15) is 88.4 Å². The van der Waals surface area contributed by atoms with Crippen LogP contribution in [0.3, 0.4) is 0 Å². The lowest BCUT2D eigenvalue weighted by Crippen LogP contribution is -2.75. The third kappa shape index (κ3) is 5.78. The van der Waals surface area contributed by atoms with Crippen LogP contribution in [0.4, 0.5) is 89.1 Å². The molecule has 4 nitrogen and oxygen atoms in total. The minimum atomic E-state index is -9.01. The quantitative estimate of drug-likeness (QED) is 0.137. The maximum Gasteiger partial charge on any atom is 0.460 e. The van der Waals surface area contributed by atoms with E-state index in [2.05, 4.69) is 4.99 Å². The average molecular weight is 686 g/mol. The Morgan fingerprint density at radius 3 is 1.48 bits per heavy atom. The Hall–Kier alpha value is -3.26. The van der Waals surface area contributed by atoms with Gasteiger partial charge in [0.05, 0.1) is 5.69 Å². The summed E-state index contributed by atoms with van der Waals surface area (Å²) in [6.45, 7) is 1.61. The van der Waals surface area contributed by atoms with Gasteiger partial charge >= 0.3 is 53.6 Å². The highest BCUT2D eigenvalue weighted by atomic mass is 19.4. The van der Waals surface area contributed by atoms with E-state index in [0.717, 1.165) is 24.3 Å². The highest BCUT2D eigenvalue weighted by molar-refractivity contribution is 5.95. The summed E-state index contributed by atoms with van der Waals surface area (Å²) in [4.78, 5) is 25.7. The van der Waals surface area contributed by atoms with Crippen LogP contribution in [0.15, 0.2) is 23.2 Å². The zero-order valence-electron chi connectivity index (χ0n) is 21.0. The van der Waals surface area contributed by atoms with Crippen LogP contribution in [-0.4, -0.2) is 71.6 Å². The van der Waals surface area contributed by atoms with Crippen LogP contribution < -0.4 is 5.32 Å². The first kappa shape index (κ1) is 38.8. The smallest absolute Gasteiger partial charge is 0.349 e. The van der Waals surface area contributed by atoms with Crippen molar-refractivity contribution in [1.82, 2.24) is 5.32 Å². The Labute approximate surface area is 231 Å². The largest absolute Gasteiger partial charge is 0.460 e. The second-order valence-electron chi connectivity index (χ2n) is 9.01. The van der Waals surface area contributed by atoms with Crippen LogP contribution in [0.5, 0.6) is 0 Å². The number of nitrogens with zero attached hydrogens (tertiary/aromatic N) is 1. The van der Waals surface area contributed by atoms with Crippen molar-refractivity contribution in [3.05, 3.63) is 29.3 Å². The molecule has 1 rings (SSSR count). The number of nitrogens with one attached hydrogen (secondary N) is 1. The summed E-state index contributed by atoms with van der Waals surface area (Å²) in [6.07, 6.45) is -9.83. The molecular weight excluding hydrogens is 673 g/mol. The van der Waals surface area contributed by atoms with Crippen molar-refractivity contribution in [2.75, 3.05) is 0 Å². The summed E-state index contributed by atoms with van der Waals surface area (Å²) < 4.78 is 255. The number of amides is 1. The molecular formula is C21H13F19N2O2. The molecule has 0 aliphatic carbocycles. The summed E-state index contributed by atoms with van der Waals surface area (Å²) >= 11 is 0. The molecule has 0 bridgehead atoms. The summed E-state index contributed by atoms with van der Waals surface area (Å²) in [5, 5.41) is 1.43. The number of carbonyl (C=O) groups excluding carboxylic acids is 2. The Morgan fingerprint density at radius 1 is 0.705 bits per heavy atom. The Morgan fingerprint density at radius 2 is 1.09 bits per heavy atom. The number of halogens is 19. The molecule has 0 fully saturated rings. The number of aliphatic imine (C=N–C) groups is 1. The third-order valence-electron chi connectivity index (χ3n) is 5.76. The van der Waals surface area contributed by atoms with Crippen molar-refractivity contribution < 1.29 is 93.0 Å². The number of aryl methyl sites for hydroxylation is 1. The first-order chi connectivity index (χ1) is 19.2. The first-order valence-corrected chi connectivity index (χ1v) is 10.8. The Kier molecular flexibility index (Phi) is 9.93. The number of hydrogen-bond donors (Lipinski definition) is 1. The number of rotatable bonds is 12. The van der Waals surface area contributed by atoms with Gasteiger partial charge in [-0.25, -0.2) is 4.79 Å². The van der Waals surface area contributed by atoms with Crippen LogP contribution in [0.2, 0.25) is 0 Å². The lowest BCUT2D eigenvalue weighted by Gasteiger charge is -2.44. The SMILES string of the molecule is Cc1ccc(C(=O)NC(C)CC(F)(F)C(F)(F)C(F)(F)C(F)(F)C(F)(F)C(F)(F)C(F)(F)C(F)(F)C(F)(F)F)cc1N=C=O. The molecule has 1 atom stereocenters. The van der Waals surface area contributed by atoms with Crippen LogP contribution in [0, 0.1) is 6.92 Å². The molecule has 1 aromatic carbocycles. The van der Waals surface area contributed by atoms with Crippen LogP contribution in [0.25, 0.3) is 0 Å². The highest BCUT2D eigenvalue weighted by Gasteiger charge is 2.96. The first-order valence-electron chi connectivity index (χ1n) is 10.8. The second kappa shape index (κ2) is 11.3. The molecule has 0 radical (unpaired) electrons. The molecule has 0 aliphatic heterocycles. The maximum absolute atomic E-state index is 14.2. The van der Waals surface area contributed by atoms with Crippen molar-refractivity contribution in [2.45, 2.75) is 79.9 Å². The predicted molar refractivity (Wildman–Crippen MR) is 106 cm³/mol. The third-order valence-corrected chi connectivity index (χ3v) is 5.76. The van der Waals surface area contributed by atoms with Gasteiger partial charge in [0.15, 0.2) is 0 Å². The monoisotopic (exact) mass is 686 g/mol. The van der Waals surface area contributed by atoms with Crippen LogP contribution in [0.1, 0.15) is 29.3 Å². The summed E-state index contributed by atoms with van der Waals surface area (Å²) in [6, 6.07) is 0.196. The zero-order chi connectivity index (χ0) is 35.3. The fourth-order valence-electron chi connectivity index (χ4n) is 3.18. The fraction of sp³-hybridized carbons (Fsp3) is 0.619. The minimum absolute atomic E-state index is 0.203. The second-order valence-corrected chi connectivity index (χ2v) is 9.01. The Balaban J connectivity index is 3.47. The van der Waals surface area contributed by atoms with Crippen molar-refractivity contribution >= 4 is 17.7 Å². The van der Waals surface area contributed by atoms with Gasteiger partial charge in [-0.15, -0.1) is 0 Å². The molecule has 23 heteroatoms. The van der Waals surface area contributed by atoms with Gasteiger partial charge in [-0.05, 0) is 31.5 Å². The summed E-state index contributed by atoms with van der Waals surface area (Å²) in [5.41, 5.74) is -0.660. The number of carbonyl (C=O) groups is 1. The summed E-state index contributed by atoms with van der Waals surface area (Å²) in [5.74, 6) is -68.9. The molecule has 0 aromatic heterocycles. The maximum atomic E-state index is 14.2. The van der Waals surface area contributed by atoms with E-state index in [9.17, 15) is 93.0 Å². The van der Waals surface area contributed by atoms with Crippen molar-refractivity contribution in [2.24, 2.45) is 4.99 Å². The average Bonchev–Trinajstić information content (AvgIpc) is 2.83. The van der Waals surface area contributed by atoms with Crippen molar-refractivity contribution in [3.8, 4) is 0 Å². The van der Waals surface area contributed by atoms with E-state index in [-0.39, 0.29) is 11.3 Å². The summed E-state index contributed by atoms with van der Waals surface area (Å²) in [7, 11) is 0. The lowest BCUT2D eigenvalue weighted by atomic mass is 9.86. The van der Waals surface area contributed by atoms with Gasteiger partial charge in [-0.3, -0.25) is 4.79 Å². The fourth-order valence-corrected chi connectivity index (χ4v) is 3.18. The molecule has 1 aromatic rings. The number of hydrogen-bond acceptors (Lipinski definition) is 3. The van der Waals surface area contributed by atoms with E-state index < -0.39 is 77.5 Å². The lowest BCUT2D eigenvalue weighted by molar-refractivity contribution is -0.468. The van der Waals surface area contributed by atoms with Crippen molar-refractivity contribution in [1.29, 1.82) is 0 Å². The van der Waals surface area contributed by atoms with E-state index in [1.807, 2.05) is 0 Å². The zero-order valence-corrected chi connectivity index (χ0v) is 21.0. The molecule has 252 valence electrons. The van der Waals surface area contributed by atoms with Gasteiger partial charge in [0, 0.05) is 18.0 Å². The van der Waals surface area contributed by atoms with Gasteiger partial charge in [-0.1, -0.05) is 6.07 Å². The van der Waals surface area contributed by atoms with E-state index in [1.54, 1.807) is 0 Å². The number of benzene rings is 1. The molecule has 0 saturated carbocycles. The molecule has 0 saturated heterocycles. The molecule has 0 spiro atoms. The Bertz CT molecular complexity index is 1280. The van der Waals surface area contributed by atoms with Crippen LogP contribution in [-0.2, 0) is 4.79 Å².